The van der Waals surface area contributed by atoms with Gasteiger partial charge in [0.15, 0.2) is 0 Å². The van der Waals surface area contributed by atoms with Gasteiger partial charge in [0.2, 0.25) is 0 Å². The average molecular weight is 282 g/mol. The third kappa shape index (κ3) is 3.11. The van der Waals surface area contributed by atoms with Crippen molar-refractivity contribution in [1.29, 1.82) is 0 Å². The van der Waals surface area contributed by atoms with E-state index in [-0.39, 0.29) is 6.09 Å². The van der Waals surface area contributed by atoms with E-state index in [1.165, 1.54) is 19.3 Å². The van der Waals surface area contributed by atoms with Crippen LogP contribution in [0.1, 0.15) is 53.4 Å². The second-order valence-corrected chi connectivity index (χ2v) is 7.72. The van der Waals surface area contributed by atoms with Crippen LogP contribution in [0.5, 0.6) is 0 Å². The fourth-order valence-electron chi connectivity index (χ4n) is 3.90. The van der Waals surface area contributed by atoms with Gasteiger partial charge in [0.1, 0.15) is 5.60 Å². The summed E-state index contributed by atoms with van der Waals surface area (Å²) in [6.45, 7) is 10.4. The zero-order valence-corrected chi connectivity index (χ0v) is 13.4. The molecular weight excluding hydrogens is 252 g/mol. The van der Waals surface area contributed by atoms with E-state index in [4.69, 9.17) is 10.5 Å². The number of carbonyl (C=O) groups is 1. The first kappa shape index (κ1) is 15.6. The topological polar surface area (TPSA) is 55.6 Å². The van der Waals surface area contributed by atoms with Gasteiger partial charge < -0.3 is 15.4 Å². The summed E-state index contributed by atoms with van der Waals surface area (Å²) in [7, 11) is 0. The summed E-state index contributed by atoms with van der Waals surface area (Å²) in [5, 5.41) is 0. The van der Waals surface area contributed by atoms with Crippen LogP contribution in [0.3, 0.4) is 0 Å². The first-order valence-corrected chi connectivity index (χ1v) is 7.95. The largest absolute Gasteiger partial charge is 0.444 e. The molecule has 1 amide bonds. The molecule has 2 aliphatic rings. The molecule has 0 radical (unpaired) electrons. The lowest BCUT2D eigenvalue weighted by atomic mass is 9.56. The Balaban J connectivity index is 1.94. The average Bonchev–Trinajstić information content (AvgIpc) is 2.28. The Kier molecular flexibility index (Phi) is 4.33. The summed E-state index contributed by atoms with van der Waals surface area (Å²) in [4.78, 5) is 14.0. The lowest BCUT2D eigenvalue weighted by molar-refractivity contribution is -0.0311. The number of nitrogens with zero attached hydrogens (tertiary/aromatic N) is 1. The molecule has 4 heteroatoms. The van der Waals surface area contributed by atoms with Crippen LogP contribution in [0.4, 0.5) is 4.79 Å². The van der Waals surface area contributed by atoms with Crippen molar-refractivity contribution in [3.63, 3.8) is 0 Å². The lowest BCUT2D eigenvalue weighted by Gasteiger charge is -2.52. The highest BCUT2D eigenvalue weighted by Gasteiger charge is 2.47. The van der Waals surface area contributed by atoms with Crippen LogP contribution < -0.4 is 5.73 Å². The van der Waals surface area contributed by atoms with Gasteiger partial charge in [0.05, 0.1) is 0 Å². The standard InChI is InChI=1S/C16H30N2O2/c1-12-10-18(14(19)20-15(2,3)4)9-6-13(12)16(11-17)7-5-8-16/h12-13H,5-11,17H2,1-4H3. The number of likely N-dealkylation sites (tertiary alicyclic amines) is 1. The molecule has 2 unspecified atom stereocenters. The quantitative estimate of drug-likeness (QED) is 0.847. The molecule has 0 spiro atoms. The molecule has 20 heavy (non-hydrogen) atoms. The van der Waals surface area contributed by atoms with Gasteiger partial charge in [-0.3, -0.25) is 0 Å². The minimum absolute atomic E-state index is 0.168. The Morgan fingerprint density at radius 1 is 1.40 bits per heavy atom. The molecule has 1 aliphatic heterocycles. The summed E-state index contributed by atoms with van der Waals surface area (Å²) in [5.41, 5.74) is 5.98. The second kappa shape index (κ2) is 5.55. The van der Waals surface area contributed by atoms with E-state index in [1.54, 1.807) is 0 Å². The van der Waals surface area contributed by atoms with Crippen molar-refractivity contribution in [2.75, 3.05) is 19.6 Å². The molecular formula is C16H30N2O2. The van der Waals surface area contributed by atoms with Gasteiger partial charge in [-0.05, 0) is 63.8 Å². The second-order valence-electron chi connectivity index (χ2n) is 7.72. The summed E-state index contributed by atoms with van der Waals surface area (Å²) in [6, 6.07) is 0. The van der Waals surface area contributed by atoms with Gasteiger partial charge in [0.25, 0.3) is 0 Å². The highest BCUT2D eigenvalue weighted by Crippen LogP contribution is 2.51. The summed E-state index contributed by atoms with van der Waals surface area (Å²) in [5.74, 6) is 1.18. The molecule has 0 bridgehead atoms. The van der Waals surface area contributed by atoms with Crippen LogP contribution in [-0.2, 0) is 4.74 Å². The molecule has 0 aromatic rings. The minimum Gasteiger partial charge on any atom is -0.444 e. The monoisotopic (exact) mass is 282 g/mol. The molecule has 2 atom stereocenters. The van der Waals surface area contributed by atoms with Crippen LogP contribution in [0, 0.1) is 17.3 Å². The summed E-state index contributed by atoms with van der Waals surface area (Å²) >= 11 is 0. The fraction of sp³-hybridized carbons (Fsp3) is 0.938. The van der Waals surface area contributed by atoms with Gasteiger partial charge >= 0.3 is 6.09 Å². The number of piperidine rings is 1. The normalized spacial score (nSPS) is 29.8. The Bertz CT molecular complexity index is 352. The van der Waals surface area contributed by atoms with Gasteiger partial charge in [-0.25, -0.2) is 4.79 Å². The van der Waals surface area contributed by atoms with E-state index in [9.17, 15) is 4.79 Å². The molecule has 116 valence electrons. The van der Waals surface area contributed by atoms with E-state index in [1.807, 2.05) is 25.7 Å². The van der Waals surface area contributed by atoms with Crippen molar-refractivity contribution in [2.45, 2.75) is 59.0 Å². The van der Waals surface area contributed by atoms with Gasteiger partial charge in [-0.15, -0.1) is 0 Å². The molecule has 0 aromatic carbocycles. The Morgan fingerprint density at radius 2 is 2.05 bits per heavy atom. The van der Waals surface area contributed by atoms with Gasteiger partial charge in [-0.1, -0.05) is 13.3 Å². The Hall–Kier alpha value is -0.770. The molecule has 2 rings (SSSR count). The van der Waals surface area contributed by atoms with E-state index < -0.39 is 5.60 Å². The van der Waals surface area contributed by atoms with Crippen molar-refractivity contribution < 1.29 is 9.53 Å². The number of hydrogen-bond donors (Lipinski definition) is 1. The highest BCUT2D eigenvalue weighted by molar-refractivity contribution is 5.68. The maximum absolute atomic E-state index is 12.1. The van der Waals surface area contributed by atoms with E-state index in [0.717, 1.165) is 26.1 Å². The van der Waals surface area contributed by atoms with Crippen molar-refractivity contribution >= 4 is 6.09 Å². The fourth-order valence-corrected chi connectivity index (χ4v) is 3.90. The van der Waals surface area contributed by atoms with Gasteiger partial charge in [-0.2, -0.15) is 0 Å². The van der Waals surface area contributed by atoms with E-state index in [0.29, 0.717) is 17.3 Å². The number of hydrogen-bond acceptors (Lipinski definition) is 3. The van der Waals surface area contributed by atoms with Crippen LogP contribution in [0.2, 0.25) is 0 Å². The summed E-state index contributed by atoms with van der Waals surface area (Å²) in [6.07, 6.45) is 4.75. The van der Waals surface area contributed by atoms with Crippen molar-refractivity contribution in [3.8, 4) is 0 Å². The van der Waals surface area contributed by atoms with Crippen LogP contribution in [-0.4, -0.2) is 36.2 Å². The smallest absolute Gasteiger partial charge is 0.410 e. The Morgan fingerprint density at radius 3 is 2.45 bits per heavy atom. The zero-order chi connectivity index (χ0) is 15.0. The first-order chi connectivity index (χ1) is 9.27. The molecule has 4 nitrogen and oxygen atoms in total. The zero-order valence-electron chi connectivity index (χ0n) is 13.4. The Labute approximate surface area is 123 Å². The first-order valence-electron chi connectivity index (χ1n) is 7.95. The van der Waals surface area contributed by atoms with Crippen molar-refractivity contribution in [2.24, 2.45) is 23.0 Å². The molecule has 1 heterocycles. The number of nitrogens with two attached hydrogens (primary N) is 1. The molecule has 1 saturated carbocycles. The summed E-state index contributed by atoms with van der Waals surface area (Å²) < 4.78 is 5.48. The maximum atomic E-state index is 12.1. The highest BCUT2D eigenvalue weighted by atomic mass is 16.6. The van der Waals surface area contributed by atoms with Crippen LogP contribution >= 0.6 is 0 Å². The molecule has 2 N–H and O–H groups in total. The molecule has 1 saturated heterocycles. The maximum Gasteiger partial charge on any atom is 0.410 e. The van der Waals surface area contributed by atoms with Crippen LogP contribution in [0.25, 0.3) is 0 Å². The van der Waals surface area contributed by atoms with Crippen molar-refractivity contribution in [3.05, 3.63) is 0 Å². The van der Waals surface area contributed by atoms with E-state index in [2.05, 4.69) is 6.92 Å². The minimum atomic E-state index is -0.413. The van der Waals surface area contributed by atoms with Crippen LogP contribution in [0.15, 0.2) is 0 Å². The number of ether oxygens (including phenoxy) is 1. The number of amides is 1. The van der Waals surface area contributed by atoms with Gasteiger partial charge in [0, 0.05) is 13.1 Å². The van der Waals surface area contributed by atoms with E-state index >= 15 is 0 Å². The molecule has 1 aliphatic carbocycles. The van der Waals surface area contributed by atoms with Crippen molar-refractivity contribution in [1.82, 2.24) is 4.90 Å². The lowest BCUT2D eigenvalue weighted by Crippen LogP contribution is -2.53. The third-order valence-corrected chi connectivity index (χ3v) is 5.10. The number of carbonyl (C=O) groups excluding carboxylic acids is 1. The number of rotatable bonds is 2. The molecule has 2 fully saturated rings. The third-order valence-electron chi connectivity index (χ3n) is 5.10. The predicted octanol–water partition coefficient (Wildman–Crippen LogP) is 3.01. The predicted molar refractivity (Wildman–Crippen MR) is 80.4 cm³/mol. The SMILES string of the molecule is CC1CN(C(=O)OC(C)(C)C)CCC1C1(CN)CCC1. The molecule has 0 aromatic heterocycles.